The molecule has 0 bridgehead atoms. The van der Waals surface area contributed by atoms with E-state index in [1.165, 1.54) is 13.5 Å². The number of amides is 1. The Balaban J connectivity index is 1.95. The molecule has 0 unspecified atom stereocenters. The molecular weight excluding hydrogens is 320 g/mol. The molecule has 1 aliphatic rings. The molecule has 0 spiro atoms. The van der Waals surface area contributed by atoms with Crippen LogP contribution in [0.2, 0.25) is 0 Å². The molecular formula is C19H26N2O4. The molecule has 1 N–H and O–H groups in total. The fraction of sp³-hybridized carbons (Fsp3) is 0.579. The van der Waals surface area contributed by atoms with Gasteiger partial charge in [-0.05, 0) is 30.9 Å². The molecule has 0 aliphatic heterocycles. The normalized spacial score (nSPS) is 21.0. The predicted molar refractivity (Wildman–Crippen MR) is 93.4 cm³/mol. The van der Waals surface area contributed by atoms with Crippen molar-refractivity contribution in [1.82, 2.24) is 5.32 Å². The molecule has 1 amide bonds. The minimum absolute atomic E-state index is 0.0337. The molecule has 0 radical (unpaired) electrons. The van der Waals surface area contributed by atoms with Crippen LogP contribution in [0.15, 0.2) is 18.2 Å². The number of rotatable bonds is 7. The zero-order valence-corrected chi connectivity index (χ0v) is 15.1. The highest BCUT2D eigenvalue weighted by Crippen LogP contribution is 2.29. The van der Waals surface area contributed by atoms with E-state index in [0.717, 1.165) is 19.3 Å². The Kier molecular flexibility index (Phi) is 7.08. The molecule has 0 aromatic heterocycles. The van der Waals surface area contributed by atoms with Crippen LogP contribution in [0.1, 0.15) is 44.2 Å². The van der Waals surface area contributed by atoms with Gasteiger partial charge in [0.2, 0.25) is 5.91 Å². The Morgan fingerprint density at radius 3 is 2.80 bits per heavy atom. The van der Waals surface area contributed by atoms with Crippen molar-refractivity contribution in [2.24, 2.45) is 5.92 Å². The summed E-state index contributed by atoms with van der Waals surface area (Å²) in [5.41, 5.74) is 0.588. The molecule has 6 heteroatoms. The van der Waals surface area contributed by atoms with E-state index in [1.807, 2.05) is 0 Å². The Labute approximate surface area is 149 Å². The van der Waals surface area contributed by atoms with Crippen LogP contribution in [-0.4, -0.2) is 32.8 Å². The maximum Gasteiger partial charge on any atom is 0.247 e. The minimum atomic E-state index is -0.803. The third-order valence-corrected chi connectivity index (χ3v) is 4.52. The summed E-state index contributed by atoms with van der Waals surface area (Å²) in [6, 6.07) is 6.43. The van der Waals surface area contributed by atoms with Crippen LogP contribution in [0, 0.1) is 17.2 Å². The van der Waals surface area contributed by atoms with Crippen molar-refractivity contribution in [2.75, 3.05) is 20.8 Å². The van der Waals surface area contributed by atoms with Gasteiger partial charge in [0.25, 0.3) is 0 Å². The smallest absolute Gasteiger partial charge is 0.247 e. The second-order valence-corrected chi connectivity index (χ2v) is 6.44. The first-order valence-corrected chi connectivity index (χ1v) is 8.59. The van der Waals surface area contributed by atoms with Crippen LogP contribution in [0.5, 0.6) is 11.5 Å². The van der Waals surface area contributed by atoms with Crippen molar-refractivity contribution in [3.05, 3.63) is 23.8 Å². The quantitative estimate of drug-likeness (QED) is 0.821. The maximum atomic E-state index is 12.2. The summed E-state index contributed by atoms with van der Waals surface area (Å²) in [7, 11) is 3.07. The van der Waals surface area contributed by atoms with E-state index in [4.69, 9.17) is 14.2 Å². The molecule has 1 fully saturated rings. The van der Waals surface area contributed by atoms with Gasteiger partial charge in [-0.1, -0.05) is 19.8 Å². The molecule has 0 heterocycles. The number of benzene rings is 1. The van der Waals surface area contributed by atoms with Gasteiger partial charge in [0.05, 0.1) is 26.4 Å². The van der Waals surface area contributed by atoms with Crippen molar-refractivity contribution >= 4 is 5.91 Å². The number of hydrogen-bond donors (Lipinski definition) is 1. The van der Waals surface area contributed by atoms with Crippen molar-refractivity contribution in [2.45, 2.75) is 44.8 Å². The van der Waals surface area contributed by atoms with Crippen molar-refractivity contribution in [3.63, 3.8) is 0 Å². The zero-order valence-electron chi connectivity index (χ0n) is 15.1. The largest absolute Gasteiger partial charge is 0.497 e. The van der Waals surface area contributed by atoms with Crippen LogP contribution < -0.4 is 14.8 Å². The number of hydrogen-bond acceptors (Lipinski definition) is 5. The Bertz CT molecular complexity index is 626. The average molecular weight is 346 g/mol. The monoisotopic (exact) mass is 346 g/mol. The third-order valence-electron chi connectivity index (χ3n) is 4.52. The van der Waals surface area contributed by atoms with Crippen molar-refractivity contribution < 1.29 is 19.0 Å². The Morgan fingerprint density at radius 2 is 2.16 bits per heavy atom. The summed E-state index contributed by atoms with van der Waals surface area (Å²) in [5, 5.41) is 12.1. The molecule has 1 aromatic carbocycles. The number of nitriles is 1. The zero-order chi connectivity index (χ0) is 18.2. The number of nitrogens with zero attached hydrogens (tertiary/aromatic N) is 1. The fourth-order valence-electron chi connectivity index (χ4n) is 3.16. The molecule has 1 aliphatic carbocycles. The summed E-state index contributed by atoms with van der Waals surface area (Å²) in [6.45, 7) is 2.17. The summed E-state index contributed by atoms with van der Waals surface area (Å²) in [6.07, 6.45) is 4.47. The Morgan fingerprint density at radius 1 is 1.36 bits per heavy atom. The van der Waals surface area contributed by atoms with E-state index >= 15 is 0 Å². The van der Waals surface area contributed by atoms with E-state index in [0.29, 0.717) is 23.0 Å². The summed E-state index contributed by atoms with van der Waals surface area (Å²) < 4.78 is 16.2. The molecule has 2 rings (SSSR count). The van der Waals surface area contributed by atoms with Gasteiger partial charge in [0, 0.05) is 11.6 Å². The van der Waals surface area contributed by atoms with E-state index in [-0.39, 0.29) is 18.6 Å². The van der Waals surface area contributed by atoms with Crippen molar-refractivity contribution in [3.8, 4) is 17.6 Å². The van der Waals surface area contributed by atoms with Gasteiger partial charge in [-0.15, -0.1) is 0 Å². The number of nitrogens with one attached hydrogen (secondary N) is 1. The minimum Gasteiger partial charge on any atom is -0.497 e. The Hall–Kier alpha value is -2.26. The summed E-state index contributed by atoms with van der Waals surface area (Å²) in [4.78, 5) is 12.2. The molecule has 6 nitrogen and oxygen atoms in total. The predicted octanol–water partition coefficient (Wildman–Crippen LogP) is 2.98. The molecule has 136 valence electrons. The van der Waals surface area contributed by atoms with Crippen LogP contribution in [0.4, 0.5) is 0 Å². The highest BCUT2D eigenvalue weighted by Gasteiger charge is 2.22. The maximum absolute atomic E-state index is 12.2. The second-order valence-electron chi connectivity index (χ2n) is 6.44. The lowest BCUT2D eigenvalue weighted by Crippen LogP contribution is -2.33. The van der Waals surface area contributed by atoms with Gasteiger partial charge in [-0.25, -0.2) is 0 Å². The second kappa shape index (κ2) is 9.28. The average Bonchev–Trinajstić information content (AvgIpc) is 2.64. The van der Waals surface area contributed by atoms with Gasteiger partial charge in [-0.2, -0.15) is 5.26 Å². The van der Waals surface area contributed by atoms with E-state index in [1.54, 1.807) is 25.3 Å². The number of methoxy groups -OCH3 is 2. The number of carbonyl (C=O) groups excluding carboxylic acids is 1. The van der Waals surface area contributed by atoms with Gasteiger partial charge >= 0.3 is 0 Å². The first-order chi connectivity index (χ1) is 12.1. The van der Waals surface area contributed by atoms with Gasteiger partial charge < -0.3 is 19.5 Å². The van der Waals surface area contributed by atoms with E-state index in [2.05, 4.69) is 18.3 Å². The van der Waals surface area contributed by atoms with Gasteiger partial charge in [0.15, 0.2) is 0 Å². The number of carbonyl (C=O) groups is 1. The van der Waals surface area contributed by atoms with Crippen molar-refractivity contribution in [1.29, 1.82) is 5.26 Å². The summed E-state index contributed by atoms with van der Waals surface area (Å²) in [5.74, 6) is 1.45. The van der Waals surface area contributed by atoms with Gasteiger partial charge in [-0.3, -0.25) is 4.79 Å². The first kappa shape index (κ1) is 19.1. The molecule has 1 saturated carbocycles. The lowest BCUT2D eigenvalue weighted by Gasteiger charge is -2.26. The standard InChI is InChI=1S/C19H26N2O4/c1-13-5-4-6-15(9-13)25-12-19(22)21-17(11-20)16-8-7-14(23-2)10-18(16)24-3/h7-8,10,13,15,17H,4-6,9,12H2,1-3H3,(H,21,22)/t13-,15-,17+/m1/s1. The number of ether oxygens (including phenoxy) is 3. The SMILES string of the molecule is COc1ccc([C@H](C#N)NC(=O)CO[C@@H]2CCC[C@@H](C)C2)c(OC)c1. The lowest BCUT2D eigenvalue weighted by molar-refractivity contribution is -0.129. The molecule has 1 aromatic rings. The lowest BCUT2D eigenvalue weighted by atomic mass is 9.89. The highest BCUT2D eigenvalue weighted by atomic mass is 16.5. The van der Waals surface area contributed by atoms with Crippen LogP contribution >= 0.6 is 0 Å². The first-order valence-electron chi connectivity index (χ1n) is 8.59. The van der Waals surface area contributed by atoms with E-state index < -0.39 is 6.04 Å². The third kappa shape index (κ3) is 5.36. The summed E-state index contributed by atoms with van der Waals surface area (Å²) >= 11 is 0. The fourth-order valence-corrected chi connectivity index (χ4v) is 3.16. The van der Waals surface area contributed by atoms with Gasteiger partial charge in [0.1, 0.15) is 24.1 Å². The molecule has 0 saturated heterocycles. The molecule has 3 atom stereocenters. The van der Waals surface area contributed by atoms with Crippen LogP contribution in [0.25, 0.3) is 0 Å². The van der Waals surface area contributed by atoms with Crippen LogP contribution in [0.3, 0.4) is 0 Å². The highest BCUT2D eigenvalue weighted by molar-refractivity contribution is 5.78. The van der Waals surface area contributed by atoms with Crippen LogP contribution in [-0.2, 0) is 9.53 Å². The van der Waals surface area contributed by atoms with E-state index in [9.17, 15) is 10.1 Å². The topological polar surface area (TPSA) is 80.6 Å². The molecule has 25 heavy (non-hydrogen) atoms.